The third kappa shape index (κ3) is 12.3. The molecule has 0 bridgehead atoms. The molecule has 2 aromatic carbocycles. The summed E-state index contributed by atoms with van der Waals surface area (Å²) in [6.45, 7) is 12.0. The number of ether oxygens (including phenoxy) is 3. The first-order chi connectivity index (χ1) is 22.9. The Labute approximate surface area is 281 Å². The van der Waals surface area contributed by atoms with E-state index in [1.165, 1.54) is 23.5 Å². The molecule has 0 fully saturated rings. The Morgan fingerprint density at radius 2 is 0.957 bits per heavy atom. The van der Waals surface area contributed by atoms with Crippen molar-refractivity contribution in [3.8, 4) is 20.9 Å². The van der Waals surface area contributed by atoms with Gasteiger partial charge in [-0.15, -0.1) is 31.1 Å². The standard InChI is InChI=1S/C39H44O7S/c1-4-7-10-13-16-21-46-39(43)34-26-31(25-33(27-34)38(42)45-20-15-12-9-6-3)36-18-17-35(47-36)30-22-29(28-40)23-32(24-30)37(41)44-19-14-11-8-5-2/h4-6,17-18,22-28H,1-3,7-16,19-21H2. The van der Waals surface area contributed by atoms with Gasteiger partial charge in [0.05, 0.1) is 36.5 Å². The van der Waals surface area contributed by atoms with Gasteiger partial charge in [0.25, 0.3) is 0 Å². The monoisotopic (exact) mass is 656 g/mol. The van der Waals surface area contributed by atoms with Gasteiger partial charge in [0, 0.05) is 15.3 Å². The summed E-state index contributed by atoms with van der Waals surface area (Å²) in [7, 11) is 0. The van der Waals surface area contributed by atoms with Crippen LogP contribution in [0.4, 0.5) is 0 Å². The van der Waals surface area contributed by atoms with Crippen molar-refractivity contribution in [2.45, 2.75) is 64.2 Å². The molecule has 3 rings (SSSR count). The van der Waals surface area contributed by atoms with E-state index in [4.69, 9.17) is 14.2 Å². The van der Waals surface area contributed by atoms with Crippen LogP contribution in [0.3, 0.4) is 0 Å². The fourth-order valence-electron chi connectivity index (χ4n) is 4.73. The van der Waals surface area contributed by atoms with Crippen LogP contribution in [0, 0.1) is 0 Å². The van der Waals surface area contributed by atoms with Crippen LogP contribution < -0.4 is 0 Å². The number of esters is 3. The number of allylic oxidation sites excluding steroid dienone is 3. The molecule has 0 unspecified atom stereocenters. The minimum atomic E-state index is -0.521. The van der Waals surface area contributed by atoms with E-state index in [-0.39, 0.29) is 36.5 Å². The smallest absolute Gasteiger partial charge is 0.338 e. The minimum absolute atomic E-state index is 0.250. The Morgan fingerprint density at radius 1 is 0.553 bits per heavy atom. The van der Waals surface area contributed by atoms with E-state index in [1.54, 1.807) is 24.3 Å². The molecule has 0 aliphatic carbocycles. The average molecular weight is 657 g/mol. The van der Waals surface area contributed by atoms with Crippen LogP contribution in [0.25, 0.3) is 20.9 Å². The maximum absolute atomic E-state index is 13.1. The average Bonchev–Trinajstić information content (AvgIpc) is 3.59. The van der Waals surface area contributed by atoms with Crippen molar-refractivity contribution >= 4 is 35.5 Å². The van der Waals surface area contributed by atoms with E-state index >= 15 is 0 Å². The summed E-state index contributed by atoms with van der Waals surface area (Å²) in [4.78, 5) is 52.2. The Kier molecular flexibility index (Phi) is 16.1. The highest BCUT2D eigenvalue weighted by molar-refractivity contribution is 7.18. The van der Waals surface area contributed by atoms with Crippen LogP contribution in [0.2, 0.25) is 0 Å². The molecule has 47 heavy (non-hydrogen) atoms. The second-order valence-electron chi connectivity index (χ2n) is 11.0. The van der Waals surface area contributed by atoms with Crippen LogP contribution in [-0.4, -0.2) is 44.0 Å². The predicted molar refractivity (Wildman–Crippen MR) is 188 cm³/mol. The summed E-state index contributed by atoms with van der Waals surface area (Å²) in [5.41, 5.74) is 2.46. The highest BCUT2D eigenvalue weighted by atomic mass is 32.1. The first-order valence-corrected chi connectivity index (χ1v) is 16.9. The van der Waals surface area contributed by atoms with Gasteiger partial charge >= 0.3 is 17.9 Å². The number of carbonyl (C=O) groups is 4. The second kappa shape index (κ2) is 20.5. The van der Waals surface area contributed by atoms with Crippen molar-refractivity contribution in [2.75, 3.05) is 19.8 Å². The molecule has 0 saturated heterocycles. The lowest BCUT2D eigenvalue weighted by atomic mass is 10.0. The van der Waals surface area contributed by atoms with E-state index in [0.717, 1.165) is 67.5 Å². The second-order valence-corrected chi connectivity index (χ2v) is 12.1. The molecule has 1 heterocycles. The van der Waals surface area contributed by atoms with Crippen LogP contribution in [0.15, 0.2) is 86.5 Å². The zero-order chi connectivity index (χ0) is 33.9. The van der Waals surface area contributed by atoms with E-state index in [9.17, 15) is 19.2 Å². The largest absolute Gasteiger partial charge is 0.462 e. The minimum Gasteiger partial charge on any atom is -0.462 e. The van der Waals surface area contributed by atoms with Gasteiger partial charge in [0.2, 0.25) is 0 Å². The Bertz CT molecular complexity index is 1530. The summed E-state index contributed by atoms with van der Waals surface area (Å²) in [5.74, 6) is -1.53. The summed E-state index contributed by atoms with van der Waals surface area (Å²) in [6, 6.07) is 13.6. The highest BCUT2D eigenvalue weighted by Crippen LogP contribution is 2.36. The topological polar surface area (TPSA) is 96.0 Å². The van der Waals surface area contributed by atoms with Crippen molar-refractivity contribution in [1.29, 1.82) is 0 Å². The number of rotatable bonds is 22. The summed E-state index contributed by atoms with van der Waals surface area (Å²) in [6.07, 6.45) is 14.6. The first kappa shape index (κ1) is 36.9. The number of hydrogen-bond donors (Lipinski definition) is 0. The lowest BCUT2D eigenvalue weighted by Gasteiger charge is -2.10. The molecular weight excluding hydrogens is 612 g/mol. The fourth-order valence-corrected chi connectivity index (χ4v) is 5.71. The molecule has 0 atom stereocenters. The molecule has 8 heteroatoms. The first-order valence-electron chi connectivity index (χ1n) is 16.1. The van der Waals surface area contributed by atoms with Gasteiger partial charge in [-0.25, -0.2) is 14.4 Å². The Morgan fingerprint density at radius 3 is 1.40 bits per heavy atom. The Balaban J connectivity index is 1.85. The van der Waals surface area contributed by atoms with E-state index in [2.05, 4.69) is 19.7 Å². The van der Waals surface area contributed by atoms with Crippen LogP contribution >= 0.6 is 11.3 Å². The predicted octanol–water partition coefficient (Wildman–Crippen LogP) is 9.82. The summed E-state index contributed by atoms with van der Waals surface area (Å²) < 4.78 is 16.5. The molecule has 1 aromatic heterocycles. The third-order valence-corrected chi connectivity index (χ3v) is 8.45. The van der Waals surface area contributed by atoms with Gasteiger partial charge in [-0.05, 0) is 124 Å². The maximum atomic E-state index is 13.1. The van der Waals surface area contributed by atoms with Gasteiger partial charge in [0.1, 0.15) is 6.29 Å². The van der Waals surface area contributed by atoms with E-state index in [0.29, 0.717) is 29.4 Å². The van der Waals surface area contributed by atoms with Crippen LogP contribution in [0.5, 0.6) is 0 Å². The van der Waals surface area contributed by atoms with Gasteiger partial charge in [-0.1, -0.05) is 18.2 Å². The molecule has 248 valence electrons. The molecule has 0 N–H and O–H groups in total. The lowest BCUT2D eigenvalue weighted by Crippen LogP contribution is -2.11. The molecule has 3 aromatic rings. The quantitative estimate of drug-likeness (QED) is 0.0349. The molecule has 0 amide bonds. The highest BCUT2D eigenvalue weighted by Gasteiger charge is 2.18. The fraction of sp³-hybridized carbons (Fsp3) is 0.333. The molecule has 0 aliphatic rings. The number of benzene rings is 2. The van der Waals surface area contributed by atoms with Crippen LogP contribution in [-0.2, 0) is 14.2 Å². The molecular formula is C39H44O7S. The van der Waals surface area contributed by atoms with Crippen molar-refractivity contribution in [3.05, 3.63) is 109 Å². The summed E-state index contributed by atoms with van der Waals surface area (Å²) in [5, 5.41) is 0. The van der Waals surface area contributed by atoms with Crippen LogP contribution in [0.1, 0.15) is 106 Å². The molecule has 0 saturated carbocycles. The SMILES string of the molecule is C=CCCCCCOC(=O)c1cc(C(=O)OCCCCC=C)cc(-c2ccc(-c3cc(C=O)cc(C(=O)OCCCCC=C)c3)s2)c1. The number of aldehydes is 1. The molecule has 0 radical (unpaired) electrons. The summed E-state index contributed by atoms with van der Waals surface area (Å²) >= 11 is 1.40. The maximum Gasteiger partial charge on any atom is 0.338 e. The van der Waals surface area contributed by atoms with Gasteiger partial charge in [-0.3, -0.25) is 4.79 Å². The van der Waals surface area contributed by atoms with E-state index in [1.807, 2.05) is 30.4 Å². The van der Waals surface area contributed by atoms with Gasteiger partial charge in [-0.2, -0.15) is 0 Å². The van der Waals surface area contributed by atoms with Crippen molar-refractivity contribution in [2.24, 2.45) is 0 Å². The third-order valence-electron chi connectivity index (χ3n) is 7.26. The number of thiophene rings is 1. The molecule has 0 aliphatic heterocycles. The zero-order valence-corrected chi connectivity index (χ0v) is 27.8. The van der Waals surface area contributed by atoms with Gasteiger partial charge < -0.3 is 14.2 Å². The number of hydrogen-bond acceptors (Lipinski definition) is 8. The van der Waals surface area contributed by atoms with Crippen molar-refractivity contribution in [3.63, 3.8) is 0 Å². The molecule has 0 spiro atoms. The number of carbonyl (C=O) groups excluding carboxylic acids is 4. The van der Waals surface area contributed by atoms with Crippen molar-refractivity contribution in [1.82, 2.24) is 0 Å². The van der Waals surface area contributed by atoms with Gasteiger partial charge in [0.15, 0.2) is 0 Å². The Hall–Kier alpha value is -4.56. The normalized spacial score (nSPS) is 10.6. The van der Waals surface area contributed by atoms with E-state index < -0.39 is 17.9 Å². The van der Waals surface area contributed by atoms with Crippen molar-refractivity contribution < 1.29 is 33.4 Å². The number of unbranched alkanes of at least 4 members (excludes halogenated alkanes) is 7. The molecule has 7 nitrogen and oxygen atoms in total. The lowest BCUT2D eigenvalue weighted by molar-refractivity contribution is 0.0484. The zero-order valence-electron chi connectivity index (χ0n) is 27.0.